The van der Waals surface area contributed by atoms with E-state index >= 15 is 0 Å². The van der Waals surface area contributed by atoms with Gasteiger partial charge in [-0.3, -0.25) is 4.57 Å². The zero-order valence-corrected chi connectivity index (χ0v) is 16.0. The van der Waals surface area contributed by atoms with Gasteiger partial charge in [0.05, 0.1) is 7.11 Å². The van der Waals surface area contributed by atoms with E-state index in [0.717, 1.165) is 48.5 Å². The topological polar surface area (TPSA) is 46.8 Å². The van der Waals surface area contributed by atoms with Crippen LogP contribution in [0, 0.1) is 0 Å². The third-order valence-electron chi connectivity index (χ3n) is 4.73. The van der Waals surface area contributed by atoms with Gasteiger partial charge >= 0.3 is 6.03 Å². The maximum absolute atomic E-state index is 12.3. The molecule has 2 amide bonds. The number of amides is 2. The van der Waals surface area contributed by atoms with Crippen LogP contribution >= 0.6 is 11.3 Å². The number of benzene rings is 2. The number of nitrogens with zero attached hydrogens (tertiary/aromatic N) is 3. The minimum Gasteiger partial charge on any atom is -0.497 e. The predicted molar refractivity (Wildman–Crippen MR) is 107 cm³/mol. The Balaban J connectivity index is 1.59. The number of hydrogen-bond donors (Lipinski definition) is 0. The first-order valence-corrected chi connectivity index (χ1v) is 9.87. The zero-order valence-electron chi connectivity index (χ0n) is 15.2. The normalized spacial score (nSPS) is 14.6. The number of hydrogen-bond acceptors (Lipinski definition) is 3. The Hall–Kier alpha value is -2.86. The Morgan fingerprint density at radius 1 is 1.00 bits per heavy atom. The van der Waals surface area contributed by atoms with E-state index < -0.39 is 0 Å². The fourth-order valence-corrected chi connectivity index (χ4v) is 3.92. The Morgan fingerprint density at radius 3 is 2.26 bits per heavy atom. The highest BCUT2D eigenvalue weighted by atomic mass is 32.1. The molecule has 2 heterocycles. The molecule has 0 saturated carbocycles. The van der Waals surface area contributed by atoms with Crippen molar-refractivity contribution in [3.05, 3.63) is 64.9 Å². The summed E-state index contributed by atoms with van der Waals surface area (Å²) in [7, 11) is 1.67. The first kappa shape index (κ1) is 17.5. The largest absolute Gasteiger partial charge is 0.497 e. The van der Waals surface area contributed by atoms with Crippen molar-refractivity contribution in [2.75, 3.05) is 20.2 Å². The second-order valence-corrected chi connectivity index (χ2v) is 7.29. The van der Waals surface area contributed by atoms with Crippen LogP contribution < -0.4 is 9.54 Å². The molecule has 1 saturated heterocycles. The first-order chi connectivity index (χ1) is 13.2. The van der Waals surface area contributed by atoms with Gasteiger partial charge in [-0.15, -0.1) is 11.3 Å². The molecule has 6 heteroatoms. The van der Waals surface area contributed by atoms with Crippen LogP contribution in [0.4, 0.5) is 4.79 Å². The van der Waals surface area contributed by atoms with Crippen molar-refractivity contribution < 1.29 is 9.53 Å². The van der Waals surface area contributed by atoms with E-state index in [1.54, 1.807) is 7.11 Å². The monoisotopic (exact) mass is 379 g/mol. The fraction of sp³-hybridized carbons (Fsp3) is 0.238. The Morgan fingerprint density at radius 2 is 1.63 bits per heavy atom. The van der Waals surface area contributed by atoms with E-state index in [2.05, 4.69) is 17.1 Å². The molecular weight excluding hydrogens is 358 g/mol. The molecule has 5 nitrogen and oxygen atoms in total. The van der Waals surface area contributed by atoms with Crippen LogP contribution in [0.3, 0.4) is 0 Å². The van der Waals surface area contributed by atoms with Gasteiger partial charge in [-0.05, 0) is 48.2 Å². The minimum absolute atomic E-state index is 0.140. The molecule has 2 aromatic carbocycles. The predicted octanol–water partition coefficient (Wildman–Crippen LogP) is 4.33. The molecule has 1 aliphatic heterocycles. The van der Waals surface area contributed by atoms with Crippen molar-refractivity contribution >= 4 is 17.4 Å². The van der Waals surface area contributed by atoms with E-state index in [4.69, 9.17) is 4.74 Å². The van der Waals surface area contributed by atoms with Gasteiger partial charge in [0, 0.05) is 30.4 Å². The molecule has 27 heavy (non-hydrogen) atoms. The molecule has 0 N–H and O–H groups in total. The van der Waals surface area contributed by atoms with Crippen LogP contribution in [0.25, 0.3) is 16.8 Å². The zero-order chi connectivity index (χ0) is 18.6. The smallest absolute Gasteiger partial charge is 0.346 e. The SMILES string of the molecule is COc1ccc(-c2ccc(-n3ccsc3=NC(=O)N3CCCC3)cc2)cc1. The van der Waals surface area contributed by atoms with E-state index in [0.29, 0.717) is 4.80 Å². The van der Waals surface area contributed by atoms with Crippen molar-refractivity contribution in [2.24, 2.45) is 4.99 Å². The lowest BCUT2D eigenvalue weighted by Crippen LogP contribution is -2.27. The van der Waals surface area contributed by atoms with E-state index in [9.17, 15) is 4.79 Å². The van der Waals surface area contributed by atoms with Crippen molar-refractivity contribution in [3.8, 4) is 22.6 Å². The maximum Gasteiger partial charge on any atom is 0.346 e. The van der Waals surface area contributed by atoms with Crippen LogP contribution in [-0.2, 0) is 0 Å². The summed E-state index contributed by atoms with van der Waals surface area (Å²) in [6, 6.07) is 16.1. The van der Waals surface area contributed by atoms with Gasteiger partial charge in [-0.1, -0.05) is 24.3 Å². The van der Waals surface area contributed by atoms with Gasteiger partial charge < -0.3 is 9.64 Å². The highest BCUT2D eigenvalue weighted by Crippen LogP contribution is 2.23. The van der Waals surface area contributed by atoms with Crippen LogP contribution in [0.2, 0.25) is 0 Å². The molecule has 0 radical (unpaired) electrons. The summed E-state index contributed by atoms with van der Waals surface area (Å²) in [4.78, 5) is 19.2. The minimum atomic E-state index is -0.140. The average molecular weight is 379 g/mol. The Kier molecular flexibility index (Phi) is 5.07. The highest BCUT2D eigenvalue weighted by molar-refractivity contribution is 7.07. The molecule has 3 aromatic rings. The molecule has 4 rings (SSSR count). The number of carbonyl (C=O) groups excluding carboxylic acids is 1. The van der Waals surface area contributed by atoms with Crippen molar-refractivity contribution in [1.29, 1.82) is 0 Å². The lowest BCUT2D eigenvalue weighted by Gasteiger charge is -2.11. The molecule has 1 aromatic heterocycles. The van der Waals surface area contributed by atoms with E-state index in [1.807, 2.05) is 57.4 Å². The molecule has 1 aliphatic rings. The number of rotatable bonds is 3. The Labute approximate surface area is 162 Å². The van der Waals surface area contributed by atoms with Gasteiger partial charge in [-0.25, -0.2) is 4.79 Å². The molecular formula is C21H21N3O2S. The molecule has 0 unspecified atom stereocenters. The van der Waals surface area contributed by atoms with E-state index in [1.165, 1.54) is 11.3 Å². The number of likely N-dealkylation sites (tertiary alicyclic amines) is 1. The van der Waals surface area contributed by atoms with Crippen molar-refractivity contribution in [1.82, 2.24) is 9.47 Å². The summed E-state index contributed by atoms with van der Waals surface area (Å²) >= 11 is 1.47. The van der Waals surface area contributed by atoms with Crippen LogP contribution in [0.1, 0.15) is 12.8 Å². The van der Waals surface area contributed by atoms with Crippen molar-refractivity contribution in [3.63, 3.8) is 0 Å². The molecule has 0 aliphatic carbocycles. The average Bonchev–Trinajstić information content (AvgIpc) is 3.40. The van der Waals surface area contributed by atoms with Gasteiger partial charge in [0.15, 0.2) is 4.80 Å². The molecule has 0 bridgehead atoms. The van der Waals surface area contributed by atoms with Crippen molar-refractivity contribution in [2.45, 2.75) is 12.8 Å². The molecule has 1 fully saturated rings. The third-order valence-corrected chi connectivity index (χ3v) is 5.48. The first-order valence-electron chi connectivity index (χ1n) is 8.99. The number of ether oxygens (including phenoxy) is 1. The maximum atomic E-state index is 12.3. The number of urea groups is 1. The lowest BCUT2D eigenvalue weighted by atomic mass is 10.1. The van der Waals surface area contributed by atoms with Gasteiger partial charge in [0.1, 0.15) is 5.75 Å². The Bertz CT molecular complexity index is 981. The molecule has 0 spiro atoms. The summed E-state index contributed by atoms with van der Waals surface area (Å²) in [5, 5.41) is 1.95. The van der Waals surface area contributed by atoms with Gasteiger partial charge in [0.2, 0.25) is 0 Å². The summed E-state index contributed by atoms with van der Waals surface area (Å²) in [5.41, 5.74) is 3.25. The second-order valence-electron chi connectivity index (χ2n) is 6.42. The summed E-state index contributed by atoms with van der Waals surface area (Å²) in [6.07, 6.45) is 4.08. The quantitative estimate of drug-likeness (QED) is 0.680. The number of methoxy groups -OCH3 is 1. The van der Waals surface area contributed by atoms with E-state index in [-0.39, 0.29) is 6.03 Å². The number of thiazole rings is 1. The molecule has 0 atom stereocenters. The van der Waals surface area contributed by atoms with Gasteiger partial charge in [-0.2, -0.15) is 4.99 Å². The summed E-state index contributed by atoms with van der Waals surface area (Å²) < 4.78 is 7.17. The van der Waals surface area contributed by atoms with Gasteiger partial charge in [0.25, 0.3) is 0 Å². The third kappa shape index (κ3) is 3.80. The number of carbonyl (C=O) groups is 1. The standard InChI is InChI=1S/C21H21N3O2S/c1-26-19-10-6-17(7-11-19)16-4-8-18(9-5-16)24-14-15-27-21(24)22-20(25)23-12-2-3-13-23/h4-11,14-15H,2-3,12-13H2,1H3. The second kappa shape index (κ2) is 7.80. The molecule has 138 valence electrons. The summed E-state index contributed by atoms with van der Waals surface area (Å²) in [6.45, 7) is 1.62. The highest BCUT2D eigenvalue weighted by Gasteiger charge is 2.17. The van der Waals surface area contributed by atoms with Crippen LogP contribution in [0.5, 0.6) is 5.75 Å². The van der Waals surface area contributed by atoms with Crippen LogP contribution in [0.15, 0.2) is 65.1 Å². The number of aromatic nitrogens is 1. The lowest BCUT2D eigenvalue weighted by molar-refractivity contribution is 0.218. The fourth-order valence-electron chi connectivity index (χ4n) is 3.21. The van der Waals surface area contributed by atoms with Crippen LogP contribution in [-0.4, -0.2) is 35.7 Å². The summed E-state index contributed by atoms with van der Waals surface area (Å²) in [5.74, 6) is 0.845.